The molecule has 0 aromatic heterocycles. The minimum absolute atomic E-state index is 0.736. The van der Waals surface area contributed by atoms with Crippen LogP contribution in [0.5, 0.6) is 0 Å². The van der Waals surface area contributed by atoms with E-state index in [0.717, 1.165) is 29.6 Å². The average Bonchev–Trinajstić information content (AvgIpc) is 2.69. The fourth-order valence-corrected chi connectivity index (χ4v) is 3.45. The second-order valence-corrected chi connectivity index (χ2v) is 5.84. The summed E-state index contributed by atoms with van der Waals surface area (Å²) >= 11 is 0. The lowest BCUT2D eigenvalue weighted by molar-refractivity contribution is 0.125. The average molecular weight is 204 g/mol. The zero-order valence-electron chi connectivity index (χ0n) is 10.3. The molecule has 0 aliphatic heterocycles. The molecule has 2 aliphatic rings. The number of rotatable bonds is 2. The van der Waals surface area contributed by atoms with Crippen LogP contribution in [0.4, 0.5) is 0 Å². The van der Waals surface area contributed by atoms with E-state index in [1.54, 1.807) is 0 Å². The lowest BCUT2D eigenvalue weighted by atomic mass is 9.66. The number of hydrogen-bond acceptors (Lipinski definition) is 0. The molecule has 2 rings (SSSR count). The third kappa shape index (κ3) is 2.35. The van der Waals surface area contributed by atoms with Crippen molar-refractivity contribution in [2.45, 2.75) is 40.0 Å². The molecule has 0 bridgehead atoms. The van der Waals surface area contributed by atoms with Gasteiger partial charge in [-0.1, -0.05) is 51.5 Å². The van der Waals surface area contributed by atoms with Crippen LogP contribution < -0.4 is 0 Å². The SMILES string of the molecule is CC(C)[C@@H]1CC[C@@H](C)C[C@H]1C1C=CC=C1. The first kappa shape index (κ1) is 11.0. The molecule has 0 aromatic rings. The molecule has 2 aliphatic carbocycles. The number of allylic oxidation sites excluding steroid dienone is 4. The van der Waals surface area contributed by atoms with Crippen LogP contribution in [0.25, 0.3) is 0 Å². The van der Waals surface area contributed by atoms with Crippen molar-refractivity contribution in [3.8, 4) is 0 Å². The summed E-state index contributed by atoms with van der Waals surface area (Å²) in [4.78, 5) is 0. The van der Waals surface area contributed by atoms with Crippen molar-refractivity contribution in [3.63, 3.8) is 0 Å². The van der Waals surface area contributed by atoms with E-state index in [9.17, 15) is 0 Å². The normalized spacial score (nSPS) is 36.7. The first-order chi connectivity index (χ1) is 7.18. The second-order valence-electron chi connectivity index (χ2n) is 5.84. The van der Waals surface area contributed by atoms with E-state index >= 15 is 0 Å². The van der Waals surface area contributed by atoms with Gasteiger partial charge in [-0.2, -0.15) is 0 Å². The van der Waals surface area contributed by atoms with Gasteiger partial charge in [0, 0.05) is 0 Å². The highest BCUT2D eigenvalue weighted by Gasteiger charge is 2.34. The van der Waals surface area contributed by atoms with Gasteiger partial charge < -0.3 is 0 Å². The number of hydrogen-bond donors (Lipinski definition) is 0. The summed E-state index contributed by atoms with van der Waals surface area (Å²) in [6, 6.07) is 0. The molecular formula is C15H24. The van der Waals surface area contributed by atoms with Gasteiger partial charge in [0.15, 0.2) is 0 Å². The van der Waals surface area contributed by atoms with Gasteiger partial charge in [-0.3, -0.25) is 0 Å². The lowest BCUT2D eigenvalue weighted by Crippen LogP contribution is -2.31. The summed E-state index contributed by atoms with van der Waals surface area (Å²) in [6.45, 7) is 7.22. The van der Waals surface area contributed by atoms with Gasteiger partial charge in [0.05, 0.1) is 0 Å². The summed E-state index contributed by atoms with van der Waals surface area (Å²) in [7, 11) is 0. The summed E-state index contributed by atoms with van der Waals surface area (Å²) in [5.74, 6) is 4.37. The van der Waals surface area contributed by atoms with E-state index in [1.807, 2.05) is 0 Å². The molecule has 0 aromatic carbocycles. The van der Waals surface area contributed by atoms with Crippen LogP contribution in [0.3, 0.4) is 0 Å². The van der Waals surface area contributed by atoms with Crippen molar-refractivity contribution in [1.82, 2.24) is 0 Å². The van der Waals surface area contributed by atoms with Crippen molar-refractivity contribution in [1.29, 1.82) is 0 Å². The fraction of sp³-hybridized carbons (Fsp3) is 0.733. The molecule has 84 valence electrons. The molecule has 0 nitrogen and oxygen atoms in total. The summed E-state index contributed by atoms with van der Waals surface area (Å²) in [6.07, 6.45) is 13.6. The molecule has 0 heterocycles. The third-order valence-electron chi connectivity index (χ3n) is 4.35. The lowest BCUT2D eigenvalue weighted by Gasteiger charge is -2.39. The Morgan fingerprint density at radius 2 is 1.73 bits per heavy atom. The Hall–Kier alpha value is -0.520. The van der Waals surface area contributed by atoms with Crippen LogP contribution in [0, 0.1) is 29.6 Å². The highest BCUT2D eigenvalue weighted by atomic mass is 14.4. The van der Waals surface area contributed by atoms with E-state index in [0.29, 0.717) is 0 Å². The second kappa shape index (κ2) is 4.55. The van der Waals surface area contributed by atoms with Gasteiger partial charge in [0.2, 0.25) is 0 Å². The van der Waals surface area contributed by atoms with Crippen LogP contribution in [0.15, 0.2) is 24.3 Å². The van der Waals surface area contributed by atoms with Crippen LogP contribution in [-0.4, -0.2) is 0 Å². The Morgan fingerprint density at radius 1 is 1.07 bits per heavy atom. The first-order valence-electron chi connectivity index (χ1n) is 6.53. The van der Waals surface area contributed by atoms with Crippen molar-refractivity contribution >= 4 is 0 Å². The van der Waals surface area contributed by atoms with Crippen LogP contribution in [-0.2, 0) is 0 Å². The Labute approximate surface area is 94.5 Å². The molecule has 0 N–H and O–H groups in total. The van der Waals surface area contributed by atoms with Crippen LogP contribution in [0.2, 0.25) is 0 Å². The summed E-state index contributed by atoms with van der Waals surface area (Å²) in [5, 5.41) is 0. The highest BCUT2D eigenvalue weighted by molar-refractivity contribution is 5.19. The topological polar surface area (TPSA) is 0 Å². The maximum atomic E-state index is 2.42. The van der Waals surface area contributed by atoms with E-state index in [2.05, 4.69) is 45.1 Å². The maximum Gasteiger partial charge on any atom is -0.00161 e. The third-order valence-corrected chi connectivity index (χ3v) is 4.35. The predicted octanol–water partition coefficient (Wildman–Crippen LogP) is 4.44. The zero-order chi connectivity index (χ0) is 10.8. The molecule has 1 fully saturated rings. The van der Waals surface area contributed by atoms with Crippen LogP contribution >= 0.6 is 0 Å². The summed E-state index contributed by atoms with van der Waals surface area (Å²) in [5.41, 5.74) is 0. The Kier molecular flexibility index (Phi) is 3.33. The minimum atomic E-state index is 0.736. The zero-order valence-corrected chi connectivity index (χ0v) is 10.3. The summed E-state index contributed by atoms with van der Waals surface area (Å²) < 4.78 is 0. The smallest absolute Gasteiger partial charge is 0.00161 e. The molecule has 15 heavy (non-hydrogen) atoms. The van der Waals surface area contributed by atoms with Gasteiger partial charge in [0.25, 0.3) is 0 Å². The molecule has 0 amide bonds. The molecule has 0 unspecified atom stereocenters. The predicted molar refractivity (Wildman–Crippen MR) is 66.6 cm³/mol. The Morgan fingerprint density at radius 3 is 2.33 bits per heavy atom. The Balaban J connectivity index is 2.09. The van der Waals surface area contributed by atoms with Gasteiger partial charge >= 0.3 is 0 Å². The highest BCUT2D eigenvalue weighted by Crippen LogP contribution is 2.43. The van der Waals surface area contributed by atoms with E-state index in [4.69, 9.17) is 0 Å². The van der Waals surface area contributed by atoms with Crippen molar-refractivity contribution in [3.05, 3.63) is 24.3 Å². The van der Waals surface area contributed by atoms with Crippen molar-refractivity contribution in [2.75, 3.05) is 0 Å². The van der Waals surface area contributed by atoms with Crippen LogP contribution in [0.1, 0.15) is 40.0 Å². The standard InChI is InChI=1S/C15H24/c1-11(2)14-9-8-12(3)10-15(14)13-6-4-5-7-13/h4-7,11-15H,8-10H2,1-3H3/t12-,14+,15+/m1/s1. The van der Waals surface area contributed by atoms with E-state index in [-0.39, 0.29) is 0 Å². The molecule has 0 saturated heterocycles. The molecular weight excluding hydrogens is 180 g/mol. The molecule has 1 saturated carbocycles. The molecule has 0 spiro atoms. The van der Waals surface area contributed by atoms with Crippen molar-refractivity contribution < 1.29 is 0 Å². The maximum absolute atomic E-state index is 2.42. The minimum Gasteiger partial charge on any atom is -0.0773 e. The monoisotopic (exact) mass is 204 g/mol. The largest absolute Gasteiger partial charge is 0.0773 e. The van der Waals surface area contributed by atoms with Gasteiger partial charge in [0.1, 0.15) is 0 Å². The first-order valence-corrected chi connectivity index (χ1v) is 6.53. The Bertz CT molecular complexity index is 247. The van der Waals surface area contributed by atoms with Crippen molar-refractivity contribution in [2.24, 2.45) is 29.6 Å². The van der Waals surface area contributed by atoms with Gasteiger partial charge in [-0.25, -0.2) is 0 Å². The molecule has 0 radical (unpaired) electrons. The van der Waals surface area contributed by atoms with Gasteiger partial charge in [-0.05, 0) is 42.4 Å². The quantitative estimate of drug-likeness (QED) is 0.624. The van der Waals surface area contributed by atoms with Gasteiger partial charge in [-0.15, -0.1) is 0 Å². The fourth-order valence-electron chi connectivity index (χ4n) is 3.45. The van der Waals surface area contributed by atoms with E-state index in [1.165, 1.54) is 19.3 Å². The van der Waals surface area contributed by atoms with E-state index < -0.39 is 0 Å². The molecule has 0 heteroatoms. The molecule has 3 atom stereocenters.